The number of hydrogen-bond acceptors (Lipinski definition) is 6. The maximum absolute atomic E-state index is 12.3. The van der Waals surface area contributed by atoms with E-state index in [4.69, 9.17) is 0 Å². The van der Waals surface area contributed by atoms with Crippen LogP contribution in [0.3, 0.4) is 0 Å². The summed E-state index contributed by atoms with van der Waals surface area (Å²) in [5.41, 5.74) is 0.564. The van der Waals surface area contributed by atoms with Crippen molar-refractivity contribution >= 4 is 32.7 Å². The Morgan fingerprint density at radius 1 is 1.29 bits per heavy atom. The van der Waals surface area contributed by atoms with Gasteiger partial charge in [-0.15, -0.1) is 11.3 Å². The first-order valence-corrected chi connectivity index (χ1v) is 9.70. The second kappa shape index (κ2) is 7.32. The van der Waals surface area contributed by atoms with Gasteiger partial charge in [0.05, 0.1) is 11.4 Å². The molecule has 0 aliphatic rings. The molecule has 0 aliphatic carbocycles. The quantitative estimate of drug-likeness (QED) is 0.631. The van der Waals surface area contributed by atoms with Gasteiger partial charge in [-0.25, -0.2) is 13.1 Å². The van der Waals surface area contributed by atoms with Gasteiger partial charge in [0.15, 0.2) is 0 Å². The van der Waals surface area contributed by atoms with Crippen LogP contribution in [0.25, 0.3) is 0 Å². The van der Waals surface area contributed by atoms with Crippen LogP contribution >= 0.6 is 22.7 Å². The molecule has 9 heteroatoms. The van der Waals surface area contributed by atoms with E-state index in [1.165, 1.54) is 11.3 Å². The van der Waals surface area contributed by atoms with Crippen molar-refractivity contribution in [2.75, 3.05) is 6.54 Å². The zero-order valence-electron chi connectivity index (χ0n) is 11.5. The molecule has 116 valence electrons. The lowest BCUT2D eigenvalue weighted by atomic mass is 10.4. The van der Waals surface area contributed by atoms with Crippen LogP contribution in [-0.4, -0.2) is 19.9 Å². The Balaban J connectivity index is 2.05. The number of hydrogen-bond donors (Lipinski definition) is 3. The van der Waals surface area contributed by atoms with Crippen LogP contribution in [0.15, 0.2) is 26.5 Å². The molecule has 0 radical (unpaired) electrons. The molecule has 3 N–H and O–H groups in total. The van der Waals surface area contributed by atoms with E-state index in [-0.39, 0.29) is 11.4 Å². The molecule has 6 nitrogen and oxygen atoms in total. The van der Waals surface area contributed by atoms with E-state index in [1.54, 1.807) is 16.8 Å². The van der Waals surface area contributed by atoms with E-state index < -0.39 is 10.0 Å². The Hall–Kier alpha value is -1.00. The second-order valence-electron chi connectivity index (χ2n) is 4.38. The topological polar surface area (TPSA) is 91.1 Å². The summed E-state index contributed by atoms with van der Waals surface area (Å²) in [5, 5.41) is 6.58. The van der Waals surface area contributed by atoms with Gasteiger partial charge in [-0.3, -0.25) is 4.79 Å². The smallest absolute Gasteiger partial charge is 0.304 e. The molecule has 2 aromatic heterocycles. The van der Waals surface area contributed by atoms with Gasteiger partial charge < -0.3 is 10.3 Å². The van der Waals surface area contributed by atoms with Gasteiger partial charge in [0, 0.05) is 22.5 Å². The summed E-state index contributed by atoms with van der Waals surface area (Å²) < 4.78 is 27.1. The first-order chi connectivity index (χ1) is 10.0. The van der Waals surface area contributed by atoms with E-state index in [2.05, 4.69) is 21.9 Å². The van der Waals surface area contributed by atoms with Crippen molar-refractivity contribution in [2.24, 2.45) is 0 Å². The summed E-state index contributed by atoms with van der Waals surface area (Å²) in [6.07, 6.45) is 0.997. The summed E-state index contributed by atoms with van der Waals surface area (Å²) >= 11 is 2.43. The fourth-order valence-electron chi connectivity index (χ4n) is 1.73. The van der Waals surface area contributed by atoms with Crippen molar-refractivity contribution in [1.82, 2.24) is 15.0 Å². The van der Waals surface area contributed by atoms with E-state index in [0.29, 0.717) is 17.1 Å². The van der Waals surface area contributed by atoms with Crippen molar-refractivity contribution in [3.8, 4) is 0 Å². The van der Waals surface area contributed by atoms with Crippen LogP contribution in [0, 0.1) is 0 Å². The Morgan fingerprint density at radius 3 is 2.76 bits per heavy atom. The third-order valence-corrected chi connectivity index (χ3v) is 5.98. The number of rotatable bonds is 8. The molecule has 0 bridgehead atoms. The third-order valence-electron chi connectivity index (χ3n) is 2.73. The van der Waals surface area contributed by atoms with E-state index >= 15 is 0 Å². The molecule has 0 amide bonds. The number of thiophene rings is 1. The number of thiazole rings is 1. The maximum atomic E-state index is 12.3. The van der Waals surface area contributed by atoms with Crippen molar-refractivity contribution in [3.05, 3.63) is 37.1 Å². The Labute approximate surface area is 131 Å². The Morgan fingerprint density at radius 2 is 2.10 bits per heavy atom. The molecular formula is C12H17N3O3S3. The molecule has 0 saturated carbocycles. The van der Waals surface area contributed by atoms with Crippen LogP contribution in [0.2, 0.25) is 0 Å². The first-order valence-electron chi connectivity index (χ1n) is 6.46. The maximum Gasteiger partial charge on any atom is 0.304 e. The van der Waals surface area contributed by atoms with Crippen molar-refractivity contribution in [2.45, 2.75) is 31.3 Å². The predicted molar refractivity (Wildman–Crippen MR) is 85.3 cm³/mol. The second-order valence-corrected chi connectivity index (χ2v) is 7.96. The SMILES string of the molecule is CCCNCc1sccc1S(=O)(=O)NCc1csc(=O)[nH]1. The predicted octanol–water partition coefficient (Wildman–Crippen LogP) is 1.48. The fraction of sp³-hybridized carbons (Fsp3) is 0.417. The summed E-state index contributed by atoms with van der Waals surface area (Å²) in [7, 11) is -3.57. The monoisotopic (exact) mass is 347 g/mol. The molecule has 0 atom stereocenters. The van der Waals surface area contributed by atoms with Gasteiger partial charge in [0.25, 0.3) is 0 Å². The number of nitrogens with one attached hydrogen (secondary N) is 3. The van der Waals surface area contributed by atoms with Crippen LogP contribution in [0.5, 0.6) is 0 Å². The minimum Gasteiger partial charge on any atom is -0.315 e. The highest BCUT2D eigenvalue weighted by molar-refractivity contribution is 7.89. The first kappa shape index (κ1) is 16.4. The zero-order valence-corrected chi connectivity index (χ0v) is 14.0. The van der Waals surface area contributed by atoms with Crippen LogP contribution in [-0.2, 0) is 23.1 Å². The molecule has 2 aromatic rings. The van der Waals surface area contributed by atoms with Crippen molar-refractivity contribution in [3.63, 3.8) is 0 Å². The summed E-state index contributed by atoms with van der Waals surface area (Å²) in [5.74, 6) is 0. The molecule has 2 rings (SSSR count). The minimum atomic E-state index is -3.57. The fourth-order valence-corrected chi connectivity index (χ4v) is 4.73. The van der Waals surface area contributed by atoms with Crippen LogP contribution < -0.4 is 14.9 Å². The molecule has 0 unspecified atom stereocenters. The summed E-state index contributed by atoms with van der Waals surface area (Å²) in [6.45, 7) is 3.53. The molecule has 21 heavy (non-hydrogen) atoms. The number of aromatic amines is 1. The van der Waals surface area contributed by atoms with E-state index in [1.807, 2.05) is 0 Å². The third kappa shape index (κ3) is 4.48. The lowest BCUT2D eigenvalue weighted by Crippen LogP contribution is -2.25. The summed E-state index contributed by atoms with van der Waals surface area (Å²) in [6, 6.07) is 1.60. The van der Waals surface area contributed by atoms with E-state index in [0.717, 1.165) is 29.2 Å². The summed E-state index contributed by atoms with van der Waals surface area (Å²) in [4.78, 5) is 14.5. The lowest BCUT2D eigenvalue weighted by Gasteiger charge is -2.07. The lowest BCUT2D eigenvalue weighted by molar-refractivity contribution is 0.578. The van der Waals surface area contributed by atoms with Crippen LogP contribution in [0.1, 0.15) is 23.9 Å². The van der Waals surface area contributed by atoms with Gasteiger partial charge >= 0.3 is 4.87 Å². The number of sulfonamides is 1. The highest BCUT2D eigenvalue weighted by Gasteiger charge is 2.19. The van der Waals surface area contributed by atoms with E-state index in [9.17, 15) is 13.2 Å². The molecule has 0 aliphatic heterocycles. The Kier molecular flexibility index (Phi) is 5.71. The largest absolute Gasteiger partial charge is 0.315 e. The minimum absolute atomic E-state index is 0.0821. The average Bonchev–Trinajstić information content (AvgIpc) is 3.06. The standard InChI is InChI=1S/C12H17N3O3S3/c1-2-4-13-7-10-11(3-5-19-10)21(17,18)14-6-9-8-20-12(16)15-9/h3,5,8,13-14H,2,4,6-7H2,1H3,(H,15,16). The molecule has 0 spiro atoms. The highest BCUT2D eigenvalue weighted by Crippen LogP contribution is 2.21. The van der Waals surface area contributed by atoms with Gasteiger partial charge in [-0.05, 0) is 24.4 Å². The van der Waals surface area contributed by atoms with Gasteiger partial charge in [-0.2, -0.15) is 0 Å². The molecule has 2 heterocycles. The van der Waals surface area contributed by atoms with Gasteiger partial charge in [0.1, 0.15) is 0 Å². The Bertz CT molecular complexity index is 730. The highest BCUT2D eigenvalue weighted by atomic mass is 32.2. The average molecular weight is 347 g/mol. The number of aromatic nitrogens is 1. The van der Waals surface area contributed by atoms with Gasteiger partial charge in [0.2, 0.25) is 10.0 Å². The van der Waals surface area contributed by atoms with Crippen molar-refractivity contribution < 1.29 is 8.42 Å². The van der Waals surface area contributed by atoms with Crippen LogP contribution in [0.4, 0.5) is 0 Å². The molecule has 0 aromatic carbocycles. The molecule has 0 fully saturated rings. The molecule has 0 saturated heterocycles. The van der Waals surface area contributed by atoms with Gasteiger partial charge in [-0.1, -0.05) is 18.3 Å². The van der Waals surface area contributed by atoms with Crippen molar-refractivity contribution in [1.29, 1.82) is 0 Å². The zero-order chi connectivity index (χ0) is 15.3. The molecular weight excluding hydrogens is 330 g/mol. The number of H-pyrrole nitrogens is 1. The normalized spacial score (nSPS) is 11.9.